The summed E-state index contributed by atoms with van der Waals surface area (Å²) in [5.74, 6) is 0.871. The number of halogens is 2. The van der Waals surface area contributed by atoms with Crippen LogP contribution in [0.15, 0.2) is 21.1 Å². The molecule has 0 aromatic heterocycles. The highest BCUT2D eigenvalue weighted by atomic mass is 79.9. The van der Waals surface area contributed by atoms with Crippen LogP contribution in [0.4, 0.5) is 0 Å². The second-order valence-electron chi connectivity index (χ2n) is 5.49. The van der Waals surface area contributed by atoms with Crippen LogP contribution in [0, 0.1) is 0 Å². The largest absolute Gasteiger partial charge is 0.489 e. The van der Waals surface area contributed by atoms with Gasteiger partial charge >= 0.3 is 0 Å². The van der Waals surface area contributed by atoms with Crippen LogP contribution < -0.4 is 10.1 Å². The molecular weight excluding hydrogens is 386 g/mol. The van der Waals surface area contributed by atoms with Crippen molar-refractivity contribution in [3.05, 3.63) is 26.6 Å². The second kappa shape index (κ2) is 6.77. The Morgan fingerprint density at radius 3 is 2.55 bits per heavy atom. The van der Waals surface area contributed by atoms with E-state index in [9.17, 15) is 0 Å². The lowest BCUT2D eigenvalue weighted by Gasteiger charge is -2.15. The van der Waals surface area contributed by atoms with Crippen LogP contribution in [0.3, 0.4) is 0 Å². The number of rotatable bonds is 6. The van der Waals surface area contributed by atoms with Gasteiger partial charge in [-0.1, -0.05) is 0 Å². The molecular formula is C15H19Br2NO2. The van der Waals surface area contributed by atoms with E-state index in [1.165, 1.54) is 18.4 Å². The van der Waals surface area contributed by atoms with Gasteiger partial charge in [-0.05, 0) is 75.2 Å². The third-order valence-electron chi connectivity index (χ3n) is 3.67. The molecule has 1 atom stereocenters. The van der Waals surface area contributed by atoms with Crippen molar-refractivity contribution in [2.45, 2.75) is 44.4 Å². The molecule has 1 unspecified atom stereocenters. The number of benzene rings is 1. The van der Waals surface area contributed by atoms with Crippen molar-refractivity contribution in [3.63, 3.8) is 0 Å². The third-order valence-corrected chi connectivity index (χ3v) is 4.85. The topological polar surface area (TPSA) is 30.5 Å². The van der Waals surface area contributed by atoms with Crippen molar-refractivity contribution in [2.75, 3.05) is 13.2 Å². The lowest BCUT2D eigenvalue weighted by molar-refractivity contribution is 0.0674. The van der Waals surface area contributed by atoms with Crippen LogP contribution in [0.25, 0.3) is 0 Å². The number of hydrogen-bond acceptors (Lipinski definition) is 3. The smallest absolute Gasteiger partial charge is 0.147 e. The summed E-state index contributed by atoms with van der Waals surface area (Å²) in [5, 5.41) is 3.52. The highest BCUT2D eigenvalue weighted by Gasteiger charge is 2.21. The van der Waals surface area contributed by atoms with Gasteiger partial charge in [-0.15, -0.1) is 0 Å². The number of hydrogen-bond donors (Lipinski definition) is 1. The molecule has 0 bridgehead atoms. The van der Waals surface area contributed by atoms with E-state index >= 15 is 0 Å². The maximum absolute atomic E-state index is 5.91. The molecule has 1 aliphatic carbocycles. The Kier molecular flexibility index (Phi) is 5.02. The molecule has 0 amide bonds. The average Bonchev–Trinajstić information content (AvgIpc) is 3.10. The zero-order valence-electron chi connectivity index (χ0n) is 11.3. The van der Waals surface area contributed by atoms with Gasteiger partial charge in [0, 0.05) is 19.2 Å². The minimum absolute atomic E-state index is 0.241. The van der Waals surface area contributed by atoms with Gasteiger partial charge in [0.05, 0.1) is 15.0 Å². The van der Waals surface area contributed by atoms with Crippen LogP contribution in [0.2, 0.25) is 0 Å². The summed E-state index contributed by atoms with van der Waals surface area (Å²) in [6, 6.07) is 4.98. The highest BCUT2D eigenvalue weighted by molar-refractivity contribution is 9.11. The monoisotopic (exact) mass is 403 g/mol. The molecule has 1 saturated carbocycles. The predicted octanol–water partition coefficient (Wildman–Crippen LogP) is 4.02. The highest BCUT2D eigenvalue weighted by Crippen LogP contribution is 2.35. The summed E-state index contributed by atoms with van der Waals surface area (Å²) < 4.78 is 13.5. The third kappa shape index (κ3) is 3.97. The van der Waals surface area contributed by atoms with E-state index in [1.807, 2.05) is 0 Å². The zero-order valence-corrected chi connectivity index (χ0v) is 14.5. The zero-order chi connectivity index (χ0) is 13.9. The molecule has 1 aromatic rings. The SMILES string of the molecule is Brc1cc(CNC2CC2)cc(Br)c1OCC1CCCO1. The molecule has 1 aliphatic heterocycles. The molecule has 1 heterocycles. The van der Waals surface area contributed by atoms with Crippen LogP contribution in [0.1, 0.15) is 31.2 Å². The van der Waals surface area contributed by atoms with E-state index < -0.39 is 0 Å². The average molecular weight is 405 g/mol. The summed E-state index contributed by atoms with van der Waals surface area (Å²) in [5.41, 5.74) is 1.26. The molecule has 1 saturated heterocycles. The van der Waals surface area contributed by atoms with Crippen LogP contribution in [-0.4, -0.2) is 25.4 Å². The van der Waals surface area contributed by atoms with Crippen LogP contribution >= 0.6 is 31.9 Å². The molecule has 1 N–H and O–H groups in total. The molecule has 0 radical (unpaired) electrons. The molecule has 5 heteroatoms. The lowest BCUT2D eigenvalue weighted by atomic mass is 10.2. The van der Waals surface area contributed by atoms with Crippen molar-refractivity contribution in [2.24, 2.45) is 0 Å². The van der Waals surface area contributed by atoms with Gasteiger partial charge in [0.1, 0.15) is 12.4 Å². The Balaban J connectivity index is 1.60. The quantitative estimate of drug-likeness (QED) is 0.776. The summed E-state index contributed by atoms with van der Waals surface area (Å²) in [7, 11) is 0. The predicted molar refractivity (Wildman–Crippen MR) is 86.2 cm³/mol. The van der Waals surface area contributed by atoms with Crippen molar-refractivity contribution in [1.82, 2.24) is 5.32 Å². The maximum Gasteiger partial charge on any atom is 0.147 e. The molecule has 3 nitrogen and oxygen atoms in total. The maximum atomic E-state index is 5.91. The molecule has 3 rings (SSSR count). The van der Waals surface area contributed by atoms with E-state index in [1.54, 1.807) is 0 Å². The molecule has 20 heavy (non-hydrogen) atoms. The van der Waals surface area contributed by atoms with Gasteiger partial charge in [-0.2, -0.15) is 0 Å². The summed E-state index contributed by atoms with van der Waals surface area (Å²) in [6.45, 7) is 2.40. The fourth-order valence-corrected chi connectivity index (χ4v) is 3.86. The minimum atomic E-state index is 0.241. The Morgan fingerprint density at radius 1 is 1.20 bits per heavy atom. The Morgan fingerprint density at radius 2 is 1.95 bits per heavy atom. The van der Waals surface area contributed by atoms with Gasteiger partial charge in [-0.3, -0.25) is 0 Å². The standard InChI is InChI=1S/C15H19Br2NO2/c16-13-6-10(8-18-11-3-4-11)7-14(17)15(13)20-9-12-2-1-5-19-12/h6-7,11-12,18H,1-5,8-9H2. The molecule has 2 fully saturated rings. The molecule has 110 valence electrons. The first-order chi connectivity index (χ1) is 9.72. The fraction of sp³-hybridized carbons (Fsp3) is 0.600. The van der Waals surface area contributed by atoms with Gasteiger partial charge in [0.25, 0.3) is 0 Å². The van der Waals surface area contributed by atoms with E-state index in [4.69, 9.17) is 9.47 Å². The minimum Gasteiger partial charge on any atom is -0.489 e. The van der Waals surface area contributed by atoms with Crippen molar-refractivity contribution >= 4 is 31.9 Å². The number of nitrogens with one attached hydrogen (secondary N) is 1. The molecule has 0 spiro atoms. The first-order valence-corrected chi connectivity index (χ1v) is 8.76. The van der Waals surface area contributed by atoms with Crippen molar-refractivity contribution in [3.8, 4) is 5.75 Å². The first kappa shape index (κ1) is 14.8. The van der Waals surface area contributed by atoms with E-state index in [2.05, 4.69) is 49.3 Å². The molecule has 1 aromatic carbocycles. The van der Waals surface area contributed by atoms with Crippen LogP contribution in [0.5, 0.6) is 5.75 Å². The fourth-order valence-electron chi connectivity index (χ4n) is 2.35. The Bertz CT molecular complexity index is 448. The number of ether oxygens (including phenoxy) is 2. The van der Waals surface area contributed by atoms with Gasteiger partial charge < -0.3 is 14.8 Å². The summed E-state index contributed by atoms with van der Waals surface area (Å²) >= 11 is 7.21. The summed E-state index contributed by atoms with van der Waals surface area (Å²) in [6.07, 6.45) is 5.10. The van der Waals surface area contributed by atoms with Crippen molar-refractivity contribution in [1.29, 1.82) is 0 Å². The normalized spacial score (nSPS) is 22.2. The van der Waals surface area contributed by atoms with Gasteiger partial charge in [0.15, 0.2) is 0 Å². The van der Waals surface area contributed by atoms with E-state index in [0.717, 1.165) is 46.7 Å². The first-order valence-electron chi connectivity index (χ1n) is 7.18. The second-order valence-corrected chi connectivity index (χ2v) is 7.20. The summed E-state index contributed by atoms with van der Waals surface area (Å²) in [4.78, 5) is 0. The Hall–Kier alpha value is -0.100. The molecule has 2 aliphatic rings. The Labute approximate surface area is 136 Å². The van der Waals surface area contributed by atoms with Gasteiger partial charge in [0.2, 0.25) is 0 Å². The lowest BCUT2D eigenvalue weighted by Crippen LogP contribution is -2.17. The van der Waals surface area contributed by atoms with Crippen LogP contribution in [-0.2, 0) is 11.3 Å². The van der Waals surface area contributed by atoms with E-state index in [-0.39, 0.29) is 6.10 Å². The van der Waals surface area contributed by atoms with Crippen molar-refractivity contribution < 1.29 is 9.47 Å². The van der Waals surface area contributed by atoms with Gasteiger partial charge in [-0.25, -0.2) is 0 Å². The van der Waals surface area contributed by atoms with E-state index in [0.29, 0.717) is 6.61 Å².